The summed E-state index contributed by atoms with van der Waals surface area (Å²) in [6.45, 7) is 6.14. The maximum atomic E-state index is 13.2. The average molecular weight is 397 g/mol. The second kappa shape index (κ2) is 9.54. The van der Waals surface area contributed by atoms with Crippen molar-refractivity contribution in [2.75, 3.05) is 34.8 Å². The SMILES string of the molecule is CC(=O)N(CCC(=O)Nc1cccc(F)c1)c1ccc(N2CCC(C)CC2)cc1. The van der Waals surface area contributed by atoms with Gasteiger partial charge in [0.15, 0.2) is 0 Å². The Labute approximate surface area is 171 Å². The lowest BCUT2D eigenvalue weighted by atomic mass is 9.99. The second-order valence-electron chi connectivity index (χ2n) is 7.67. The van der Waals surface area contributed by atoms with Gasteiger partial charge in [-0.25, -0.2) is 4.39 Å². The number of amides is 2. The molecule has 0 aromatic heterocycles. The van der Waals surface area contributed by atoms with Crippen LogP contribution in [0.4, 0.5) is 21.5 Å². The molecule has 1 heterocycles. The van der Waals surface area contributed by atoms with E-state index in [0.29, 0.717) is 5.69 Å². The average Bonchev–Trinajstić information content (AvgIpc) is 2.69. The number of nitrogens with one attached hydrogen (secondary N) is 1. The predicted molar refractivity (Wildman–Crippen MR) is 115 cm³/mol. The van der Waals surface area contributed by atoms with Gasteiger partial charge in [-0.3, -0.25) is 9.59 Å². The van der Waals surface area contributed by atoms with E-state index < -0.39 is 5.82 Å². The van der Waals surface area contributed by atoms with Crippen molar-refractivity contribution in [2.24, 2.45) is 5.92 Å². The van der Waals surface area contributed by atoms with Crippen LogP contribution < -0.4 is 15.1 Å². The first kappa shape index (κ1) is 20.8. The van der Waals surface area contributed by atoms with Crippen molar-refractivity contribution >= 4 is 28.9 Å². The third kappa shape index (κ3) is 5.79. The Hall–Kier alpha value is -2.89. The maximum absolute atomic E-state index is 13.2. The molecule has 0 aliphatic carbocycles. The fraction of sp³-hybridized carbons (Fsp3) is 0.391. The summed E-state index contributed by atoms with van der Waals surface area (Å²) >= 11 is 0. The molecule has 0 saturated carbocycles. The van der Waals surface area contributed by atoms with Crippen molar-refractivity contribution < 1.29 is 14.0 Å². The summed E-state index contributed by atoms with van der Waals surface area (Å²) in [7, 11) is 0. The van der Waals surface area contributed by atoms with Crippen molar-refractivity contribution in [2.45, 2.75) is 33.1 Å². The van der Waals surface area contributed by atoms with Crippen LogP contribution in [0.5, 0.6) is 0 Å². The number of hydrogen-bond acceptors (Lipinski definition) is 3. The van der Waals surface area contributed by atoms with E-state index in [0.717, 1.165) is 30.4 Å². The van der Waals surface area contributed by atoms with Gasteiger partial charge < -0.3 is 15.1 Å². The molecule has 3 rings (SSSR count). The highest BCUT2D eigenvalue weighted by atomic mass is 19.1. The third-order valence-corrected chi connectivity index (χ3v) is 5.36. The molecule has 6 heteroatoms. The quantitative estimate of drug-likeness (QED) is 0.784. The standard InChI is InChI=1S/C23H28FN3O2/c1-17-10-13-26(14-11-17)21-6-8-22(9-7-21)27(18(2)28)15-12-23(29)25-20-5-3-4-19(24)16-20/h3-9,16-17H,10-15H2,1-2H3,(H,25,29). The van der Waals surface area contributed by atoms with Crippen LogP contribution in [0.15, 0.2) is 48.5 Å². The van der Waals surface area contributed by atoms with Crippen molar-refractivity contribution in [3.63, 3.8) is 0 Å². The number of benzene rings is 2. The van der Waals surface area contributed by atoms with Crippen molar-refractivity contribution in [3.8, 4) is 0 Å². The minimum Gasteiger partial charge on any atom is -0.372 e. The summed E-state index contributed by atoms with van der Waals surface area (Å²) in [6.07, 6.45) is 2.52. The molecule has 0 spiro atoms. The molecule has 29 heavy (non-hydrogen) atoms. The molecule has 1 fully saturated rings. The Morgan fingerprint density at radius 2 is 1.83 bits per heavy atom. The van der Waals surface area contributed by atoms with Crippen LogP contribution in [0, 0.1) is 11.7 Å². The molecule has 0 bridgehead atoms. The lowest BCUT2D eigenvalue weighted by molar-refractivity contribution is -0.117. The molecule has 1 N–H and O–H groups in total. The van der Waals surface area contributed by atoms with E-state index in [4.69, 9.17) is 0 Å². The Balaban J connectivity index is 1.59. The first-order valence-corrected chi connectivity index (χ1v) is 10.1. The smallest absolute Gasteiger partial charge is 0.226 e. The Morgan fingerprint density at radius 1 is 1.14 bits per heavy atom. The first-order chi connectivity index (χ1) is 13.9. The number of piperidine rings is 1. The normalized spacial score (nSPS) is 14.5. The zero-order valence-electron chi connectivity index (χ0n) is 17.0. The van der Waals surface area contributed by atoms with E-state index in [1.54, 1.807) is 11.0 Å². The molecule has 1 aliphatic rings. The van der Waals surface area contributed by atoms with E-state index in [9.17, 15) is 14.0 Å². The van der Waals surface area contributed by atoms with Crippen LogP contribution in [0.25, 0.3) is 0 Å². The van der Waals surface area contributed by atoms with Gasteiger partial charge in [0.1, 0.15) is 5.82 Å². The number of halogens is 1. The molecule has 0 radical (unpaired) electrons. The number of nitrogens with zero attached hydrogens (tertiary/aromatic N) is 2. The fourth-order valence-corrected chi connectivity index (χ4v) is 3.58. The molecular weight excluding hydrogens is 369 g/mol. The van der Waals surface area contributed by atoms with Crippen LogP contribution in [0.3, 0.4) is 0 Å². The number of anilines is 3. The number of carbonyl (C=O) groups excluding carboxylic acids is 2. The monoisotopic (exact) mass is 397 g/mol. The Morgan fingerprint density at radius 3 is 2.45 bits per heavy atom. The molecule has 2 aromatic rings. The first-order valence-electron chi connectivity index (χ1n) is 10.1. The van der Waals surface area contributed by atoms with Gasteiger partial charge >= 0.3 is 0 Å². The van der Waals surface area contributed by atoms with Gasteiger partial charge in [0.05, 0.1) is 0 Å². The van der Waals surface area contributed by atoms with E-state index in [2.05, 4.69) is 17.1 Å². The molecule has 5 nitrogen and oxygen atoms in total. The zero-order valence-corrected chi connectivity index (χ0v) is 17.0. The third-order valence-electron chi connectivity index (χ3n) is 5.36. The Kier molecular flexibility index (Phi) is 6.86. The van der Waals surface area contributed by atoms with Crippen LogP contribution in [0.1, 0.15) is 33.1 Å². The minimum absolute atomic E-state index is 0.122. The summed E-state index contributed by atoms with van der Waals surface area (Å²) in [6, 6.07) is 13.7. The lowest BCUT2D eigenvalue weighted by Crippen LogP contribution is -2.33. The summed E-state index contributed by atoms with van der Waals surface area (Å²) in [5.41, 5.74) is 2.34. The highest BCUT2D eigenvalue weighted by Gasteiger charge is 2.17. The molecular formula is C23H28FN3O2. The summed E-state index contributed by atoms with van der Waals surface area (Å²) in [4.78, 5) is 28.3. The molecule has 0 atom stereocenters. The van der Waals surface area contributed by atoms with E-state index in [-0.39, 0.29) is 24.8 Å². The van der Waals surface area contributed by atoms with Gasteiger partial charge in [-0.1, -0.05) is 13.0 Å². The van der Waals surface area contributed by atoms with E-state index in [1.165, 1.54) is 38.0 Å². The highest BCUT2D eigenvalue weighted by molar-refractivity contribution is 5.94. The molecule has 154 valence electrons. The largest absolute Gasteiger partial charge is 0.372 e. The van der Waals surface area contributed by atoms with Crippen molar-refractivity contribution in [1.82, 2.24) is 0 Å². The van der Waals surface area contributed by atoms with Crippen molar-refractivity contribution in [1.29, 1.82) is 0 Å². The van der Waals surface area contributed by atoms with Gasteiger partial charge in [-0.05, 0) is 61.2 Å². The molecule has 0 unspecified atom stereocenters. The van der Waals surface area contributed by atoms with Crippen LogP contribution in [0.2, 0.25) is 0 Å². The second-order valence-corrected chi connectivity index (χ2v) is 7.67. The summed E-state index contributed by atoms with van der Waals surface area (Å²) in [5, 5.41) is 2.66. The number of carbonyl (C=O) groups is 2. The molecule has 2 amide bonds. The lowest BCUT2D eigenvalue weighted by Gasteiger charge is -2.32. The van der Waals surface area contributed by atoms with Crippen LogP contribution >= 0.6 is 0 Å². The highest BCUT2D eigenvalue weighted by Crippen LogP contribution is 2.25. The van der Waals surface area contributed by atoms with Gasteiger partial charge in [0.25, 0.3) is 0 Å². The number of rotatable bonds is 6. The van der Waals surface area contributed by atoms with E-state index in [1.807, 2.05) is 24.3 Å². The van der Waals surface area contributed by atoms with Gasteiger partial charge in [-0.15, -0.1) is 0 Å². The van der Waals surface area contributed by atoms with Crippen molar-refractivity contribution in [3.05, 3.63) is 54.3 Å². The summed E-state index contributed by atoms with van der Waals surface area (Å²) < 4.78 is 13.2. The zero-order chi connectivity index (χ0) is 20.8. The van der Waals surface area contributed by atoms with Gasteiger partial charge in [0, 0.05) is 50.0 Å². The topological polar surface area (TPSA) is 52.7 Å². The van der Waals surface area contributed by atoms with Gasteiger partial charge in [-0.2, -0.15) is 0 Å². The minimum atomic E-state index is -0.406. The maximum Gasteiger partial charge on any atom is 0.226 e. The molecule has 2 aromatic carbocycles. The van der Waals surface area contributed by atoms with E-state index >= 15 is 0 Å². The summed E-state index contributed by atoms with van der Waals surface area (Å²) in [5.74, 6) is -0.0160. The van der Waals surface area contributed by atoms with Crippen LogP contribution in [-0.4, -0.2) is 31.4 Å². The van der Waals surface area contributed by atoms with Crippen LogP contribution in [-0.2, 0) is 9.59 Å². The molecule has 1 aliphatic heterocycles. The predicted octanol–water partition coefficient (Wildman–Crippen LogP) is 4.44. The molecule has 1 saturated heterocycles. The fourth-order valence-electron chi connectivity index (χ4n) is 3.58. The Bertz CT molecular complexity index is 845. The number of hydrogen-bond donors (Lipinski definition) is 1. The van der Waals surface area contributed by atoms with Gasteiger partial charge in [0.2, 0.25) is 11.8 Å².